The number of hydrogen-bond acceptors (Lipinski definition) is 9. The van der Waals surface area contributed by atoms with Gasteiger partial charge in [-0.05, 0) is 45.6 Å². The minimum Gasteiger partial charge on any atom is -0.387 e. The summed E-state index contributed by atoms with van der Waals surface area (Å²) in [6.45, 7) is 3.91. The number of ether oxygens (including phenoxy) is 1. The van der Waals surface area contributed by atoms with Crippen LogP contribution in [0.15, 0.2) is 30.7 Å². The van der Waals surface area contributed by atoms with E-state index in [0.29, 0.717) is 40.2 Å². The summed E-state index contributed by atoms with van der Waals surface area (Å²) >= 11 is 0. The summed E-state index contributed by atoms with van der Waals surface area (Å²) in [6, 6.07) is 6.52. The van der Waals surface area contributed by atoms with Gasteiger partial charge in [0.2, 0.25) is 0 Å². The van der Waals surface area contributed by atoms with Crippen LogP contribution in [0.5, 0.6) is 0 Å². The average Bonchev–Trinajstić information content (AvgIpc) is 3.32. The van der Waals surface area contributed by atoms with Crippen LogP contribution in [0.4, 0.5) is 10.1 Å². The minimum absolute atomic E-state index is 0.137. The highest BCUT2D eigenvalue weighted by molar-refractivity contribution is 5.99. The van der Waals surface area contributed by atoms with Gasteiger partial charge in [0.05, 0.1) is 54.4 Å². The van der Waals surface area contributed by atoms with Gasteiger partial charge in [0, 0.05) is 35.9 Å². The Hall–Kier alpha value is -3.66. The maximum absolute atomic E-state index is 14.3. The van der Waals surface area contributed by atoms with Crippen molar-refractivity contribution in [3.05, 3.63) is 41.9 Å². The Labute approximate surface area is 225 Å². The third-order valence-corrected chi connectivity index (χ3v) is 7.29. The van der Waals surface area contributed by atoms with Crippen LogP contribution in [0.3, 0.4) is 0 Å². The van der Waals surface area contributed by atoms with Crippen molar-refractivity contribution in [2.45, 2.75) is 69.4 Å². The molecule has 39 heavy (non-hydrogen) atoms. The fourth-order valence-electron chi connectivity index (χ4n) is 4.83. The largest absolute Gasteiger partial charge is 0.387 e. The SMILES string of the molecule is CC(C)(O)C(F)CNC(=O)c1cnc(-n2ncc3cc(C#N)cnc32)cc1NC1CCC(NC2COC2)CC1. The van der Waals surface area contributed by atoms with E-state index in [1.165, 1.54) is 26.2 Å². The lowest BCUT2D eigenvalue weighted by molar-refractivity contribution is -0.0120. The van der Waals surface area contributed by atoms with Gasteiger partial charge in [-0.25, -0.2) is 14.4 Å². The first kappa shape index (κ1) is 26.9. The number of carbonyl (C=O) groups excluding carboxylic acids is 1. The lowest BCUT2D eigenvalue weighted by Gasteiger charge is -2.36. The number of rotatable bonds is 9. The Morgan fingerprint density at radius 1 is 1.18 bits per heavy atom. The van der Waals surface area contributed by atoms with E-state index in [1.807, 2.05) is 0 Å². The molecule has 11 nitrogen and oxygen atoms in total. The van der Waals surface area contributed by atoms with E-state index in [2.05, 4.69) is 37.1 Å². The molecule has 12 heteroatoms. The van der Waals surface area contributed by atoms with Gasteiger partial charge in [0.15, 0.2) is 11.5 Å². The zero-order valence-corrected chi connectivity index (χ0v) is 22.0. The van der Waals surface area contributed by atoms with Crippen molar-refractivity contribution in [2.75, 3.05) is 25.1 Å². The molecule has 1 amide bonds. The molecule has 3 aromatic heterocycles. The topological polar surface area (TPSA) is 150 Å². The molecule has 2 fully saturated rings. The maximum Gasteiger partial charge on any atom is 0.255 e. The Bertz CT molecular complexity index is 1370. The molecule has 1 aliphatic carbocycles. The van der Waals surface area contributed by atoms with Crippen LogP contribution in [0.25, 0.3) is 16.9 Å². The van der Waals surface area contributed by atoms with E-state index in [1.54, 1.807) is 23.0 Å². The molecule has 1 saturated heterocycles. The molecule has 4 N–H and O–H groups in total. The highest BCUT2D eigenvalue weighted by atomic mass is 19.1. The van der Waals surface area contributed by atoms with Crippen LogP contribution in [0.1, 0.15) is 55.5 Å². The number of nitrogens with one attached hydrogen (secondary N) is 3. The Balaban J connectivity index is 1.37. The second-order valence-electron chi connectivity index (χ2n) is 10.8. The molecule has 3 aromatic rings. The van der Waals surface area contributed by atoms with Crippen LogP contribution >= 0.6 is 0 Å². The van der Waals surface area contributed by atoms with Crippen LogP contribution in [0.2, 0.25) is 0 Å². The highest BCUT2D eigenvalue weighted by Gasteiger charge is 2.29. The number of aromatic nitrogens is 4. The Morgan fingerprint density at radius 2 is 1.92 bits per heavy atom. The normalized spacial score (nSPS) is 20.7. The first-order chi connectivity index (χ1) is 18.7. The summed E-state index contributed by atoms with van der Waals surface area (Å²) in [5.41, 5.74) is 0.203. The second kappa shape index (κ2) is 11.2. The quantitative estimate of drug-likeness (QED) is 0.323. The van der Waals surface area contributed by atoms with Crippen LogP contribution in [-0.2, 0) is 4.74 Å². The number of carbonyl (C=O) groups is 1. The number of hydrogen-bond donors (Lipinski definition) is 4. The number of aliphatic hydroxyl groups is 1. The van der Waals surface area contributed by atoms with Gasteiger partial charge >= 0.3 is 0 Å². The van der Waals surface area contributed by atoms with Gasteiger partial charge < -0.3 is 25.8 Å². The lowest BCUT2D eigenvalue weighted by atomic mass is 9.90. The van der Waals surface area contributed by atoms with E-state index in [-0.39, 0.29) is 18.2 Å². The second-order valence-corrected chi connectivity index (χ2v) is 10.8. The molecule has 1 aliphatic heterocycles. The van der Waals surface area contributed by atoms with Crippen molar-refractivity contribution in [1.29, 1.82) is 5.26 Å². The monoisotopic (exact) mass is 536 g/mol. The van der Waals surface area contributed by atoms with Crippen molar-refractivity contribution in [3.63, 3.8) is 0 Å². The van der Waals surface area contributed by atoms with Gasteiger partial charge in [-0.3, -0.25) is 4.79 Å². The van der Waals surface area contributed by atoms with E-state index in [4.69, 9.17) is 4.74 Å². The molecule has 4 heterocycles. The van der Waals surface area contributed by atoms with Gasteiger partial charge in [0.25, 0.3) is 5.91 Å². The summed E-state index contributed by atoms with van der Waals surface area (Å²) in [6.07, 6.45) is 6.71. The predicted octanol–water partition coefficient (Wildman–Crippen LogP) is 2.24. The molecular weight excluding hydrogens is 503 g/mol. The third kappa shape index (κ3) is 6.16. The van der Waals surface area contributed by atoms with Gasteiger partial charge in [0.1, 0.15) is 12.2 Å². The zero-order chi connectivity index (χ0) is 27.6. The number of nitriles is 1. The van der Waals surface area contributed by atoms with E-state index < -0.39 is 17.7 Å². The molecule has 0 bridgehead atoms. The van der Waals surface area contributed by atoms with Gasteiger partial charge in [-0.15, -0.1) is 0 Å². The molecule has 1 unspecified atom stereocenters. The Morgan fingerprint density at radius 3 is 2.59 bits per heavy atom. The van der Waals surface area contributed by atoms with E-state index >= 15 is 0 Å². The van der Waals surface area contributed by atoms with Crippen molar-refractivity contribution in [1.82, 2.24) is 30.4 Å². The molecule has 1 saturated carbocycles. The minimum atomic E-state index is -1.63. The number of nitrogens with zero attached hydrogens (tertiary/aromatic N) is 5. The van der Waals surface area contributed by atoms with Crippen molar-refractivity contribution >= 4 is 22.6 Å². The molecule has 0 spiro atoms. The fraction of sp³-hybridized carbons (Fsp3) is 0.519. The molecule has 0 aromatic carbocycles. The summed E-state index contributed by atoms with van der Waals surface area (Å²) in [5.74, 6) is -0.0488. The summed E-state index contributed by atoms with van der Waals surface area (Å²) in [5, 5.41) is 33.9. The summed E-state index contributed by atoms with van der Waals surface area (Å²) < 4.78 is 21.1. The van der Waals surface area contributed by atoms with Crippen molar-refractivity contribution in [2.24, 2.45) is 0 Å². The van der Waals surface area contributed by atoms with Gasteiger partial charge in [-0.1, -0.05) is 0 Å². The molecule has 5 rings (SSSR count). The number of alkyl halides is 1. The standard InChI is InChI=1S/C27H33FN8O3/c1-27(2,38)23(28)13-32-26(37)21-12-30-24(36-25-17(11-33-36)7-16(9-29)10-31-25)8-22(21)35-19-5-3-18(4-6-19)34-20-14-39-15-20/h7-8,10-12,18-20,23,34,38H,3-6,13-15H2,1-2H3,(H,30,35)(H,32,37). The number of anilines is 1. The van der Waals surface area contributed by atoms with E-state index in [9.17, 15) is 19.6 Å². The molecule has 2 aliphatic rings. The molecule has 206 valence electrons. The predicted molar refractivity (Wildman–Crippen MR) is 142 cm³/mol. The van der Waals surface area contributed by atoms with Crippen LogP contribution < -0.4 is 16.0 Å². The van der Waals surface area contributed by atoms with E-state index in [0.717, 1.165) is 38.9 Å². The Kier molecular flexibility index (Phi) is 7.74. The summed E-state index contributed by atoms with van der Waals surface area (Å²) in [4.78, 5) is 21.9. The first-order valence-electron chi connectivity index (χ1n) is 13.2. The lowest BCUT2D eigenvalue weighted by Crippen LogP contribution is -2.51. The van der Waals surface area contributed by atoms with Gasteiger partial charge in [-0.2, -0.15) is 15.0 Å². The van der Waals surface area contributed by atoms with Crippen molar-refractivity contribution < 1.29 is 19.0 Å². The first-order valence-corrected chi connectivity index (χ1v) is 13.2. The molecular formula is C27H33FN8O3. The number of fused-ring (bicyclic) bond motifs is 1. The third-order valence-electron chi connectivity index (χ3n) is 7.29. The van der Waals surface area contributed by atoms with Crippen LogP contribution in [-0.4, -0.2) is 80.4 Å². The average molecular weight is 537 g/mol. The maximum atomic E-state index is 14.3. The summed E-state index contributed by atoms with van der Waals surface area (Å²) in [7, 11) is 0. The number of halogens is 1. The molecule has 0 radical (unpaired) electrons. The highest BCUT2D eigenvalue weighted by Crippen LogP contribution is 2.27. The van der Waals surface area contributed by atoms with Crippen LogP contribution in [0, 0.1) is 11.3 Å². The van der Waals surface area contributed by atoms with Crippen molar-refractivity contribution in [3.8, 4) is 11.9 Å². The number of amides is 1. The molecule has 1 atom stereocenters. The zero-order valence-electron chi connectivity index (χ0n) is 22.0. The smallest absolute Gasteiger partial charge is 0.255 e. The number of pyridine rings is 2. The fourth-order valence-corrected chi connectivity index (χ4v) is 4.83.